The van der Waals surface area contributed by atoms with Crippen molar-refractivity contribution >= 4 is 22.7 Å². The molecule has 5 heteroatoms. The monoisotopic (exact) mass is 322 g/mol. The first-order chi connectivity index (χ1) is 11.6. The van der Waals surface area contributed by atoms with Crippen molar-refractivity contribution in [2.24, 2.45) is 7.05 Å². The van der Waals surface area contributed by atoms with Crippen molar-refractivity contribution in [3.8, 4) is 0 Å². The molecule has 5 nitrogen and oxygen atoms in total. The smallest absolute Gasteiger partial charge is 0.408 e. The molecule has 0 atom stereocenters. The van der Waals surface area contributed by atoms with Crippen molar-refractivity contribution in [2.45, 2.75) is 19.3 Å². The summed E-state index contributed by atoms with van der Waals surface area (Å²) in [5.41, 5.74) is 4.38. The maximum absolute atomic E-state index is 12.8. The van der Waals surface area contributed by atoms with Gasteiger partial charge in [-0.1, -0.05) is 24.3 Å². The van der Waals surface area contributed by atoms with Crippen LogP contribution in [0.5, 0.6) is 0 Å². The van der Waals surface area contributed by atoms with Gasteiger partial charge in [-0.05, 0) is 42.2 Å². The molecule has 0 saturated carbocycles. The first-order valence-corrected chi connectivity index (χ1v) is 8.10. The molecule has 4 rings (SSSR count). The number of hydrogen-bond donors (Lipinski definition) is 0. The van der Waals surface area contributed by atoms with Gasteiger partial charge in [0.1, 0.15) is 0 Å². The Bertz CT molecular complexity index is 984. The van der Waals surface area contributed by atoms with E-state index in [-0.39, 0.29) is 5.91 Å². The molecule has 0 fully saturated rings. The molecule has 122 valence electrons. The average Bonchev–Trinajstić information content (AvgIpc) is 2.89. The molecular weight excluding hydrogens is 304 g/mol. The van der Waals surface area contributed by atoms with Gasteiger partial charge in [-0.15, -0.1) is 0 Å². The number of anilines is 1. The summed E-state index contributed by atoms with van der Waals surface area (Å²) in [7, 11) is 1.67. The number of hydrogen-bond acceptors (Lipinski definition) is 3. The van der Waals surface area contributed by atoms with E-state index < -0.39 is 5.76 Å². The summed E-state index contributed by atoms with van der Waals surface area (Å²) in [5.74, 6) is -0.312. The van der Waals surface area contributed by atoms with Crippen molar-refractivity contribution in [3.63, 3.8) is 0 Å². The number of aryl methyl sites for hydroxylation is 2. The summed E-state index contributed by atoms with van der Waals surface area (Å²) < 4.78 is 6.59. The molecule has 0 unspecified atom stereocenters. The molecule has 0 N–H and O–H groups in total. The van der Waals surface area contributed by atoms with E-state index >= 15 is 0 Å². The van der Waals surface area contributed by atoms with Gasteiger partial charge in [-0.2, -0.15) is 0 Å². The lowest BCUT2D eigenvalue weighted by atomic mass is 10.0. The van der Waals surface area contributed by atoms with E-state index in [4.69, 9.17) is 4.42 Å². The molecule has 1 aromatic heterocycles. The quantitative estimate of drug-likeness (QED) is 0.729. The topological polar surface area (TPSA) is 55.5 Å². The molecule has 1 amide bonds. The Morgan fingerprint density at radius 2 is 2.04 bits per heavy atom. The van der Waals surface area contributed by atoms with Crippen LogP contribution in [0.2, 0.25) is 0 Å². The summed E-state index contributed by atoms with van der Waals surface area (Å²) in [6.45, 7) is 0.752. The number of amides is 1. The molecular formula is C19H18N2O3. The van der Waals surface area contributed by atoms with E-state index in [1.807, 2.05) is 35.2 Å². The molecule has 0 spiro atoms. The Balaban J connectivity index is 1.63. The lowest BCUT2D eigenvalue weighted by molar-refractivity contribution is -0.118. The van der Waals surface area contributed by atoms with Crippen molar-refractivity contribution < 1.29 is 9.21 Å². The highest BCUT2D eigenvalue weighted by Gasteiger charge is 2.22. The van der Waals surface area contributed by atoms with Gasteiger partial charge in [0.15, 0.2) is 5.58 Å². The Labute approximate surface area is 139 Å². The number of oxazole rings is 1. The number of rotatable bonds is 2. The van der Waals surface area contributed by atoms with Crippen LogP contribution in [0, 0.1) is 0 Å². The van der Waals surface area contributed by atoms with Crippen molar-refractivity contribution in [2.75, 3.05) is 11.4 Å². The van der Waals surface area contributed by atoms with Crippen LogP contribution < -0.4 is 10.7 Å². The molecule has 0 bridgehead atoms. The summed E-state index contributed by atoms with van der Waals surface area (Å²) in [5, 5.41) is 0. The number of benzene rings is 2. The number of nitrogens with zero attached hydrogens (tertiary/aromatic N) is 2. The predicted molar refractivity (Wildman–Crippen MR) is 92.3 cm³/mol. The molecule has 0 saturated heterocycles. The second-order valence-corrected chi connectivity index (χ2v) is 6.18. The third-order valence-corrected chi connectivity index (χ3v) is 4.62. The van der Waals surface area contributed by atoms with Gasteiger partial charge in [0.25, 0.3) is 0 Å². The van der Waals surface area contributed by atoms with Gasteiger partial charge in [-0.25, -0.2) is 4.79 Å². The number of para-hydroxylation sites is 1. The standard InChI is InChI=1S/C19H18N2O3/c1-20-16-11-13(8-9-17(16)24-19(20)23)12-18(22)21-10-4-6-14-5-2-3-7-15(14)21/h2-3,5,7-9,11H,4,6,10,12H2,1H3. The number of aromatic nitrogens is 1. The fourth-order valence-corrected chi connectivity index (χ4v) is 3.34. The Morgan fingerprint density at radius 1 is 1.21 bits per heavy atom. The summed E-state index contributed by atoms with van der Waals surface area (Å²) >= 11 is 0. The largest absolute Gasteiger partial charge is 0.419 e. The second kappa shape index (κ2) is 5.67. The molecule has 2 aromatic carbocycles. The van der Waals surface area contributed by atoms with Crippen LogP contribution in [0.4, 0.5) is 5.69 Å². The number of carbonyl (C=O) groups excluding carboxylic acids is 1. The van der Waals surface area contributed by atoms with Crippen LogP contribution in [0.25, 0.3) is 11.1 Å². The summed E-state index contributed by atoms with van der Waals surface area (Å²) in [6.07, 6.45) is 2.31. The lowest BCUT2D eigenvalue weighted by Gasteiger charge is -2.29. The van der Waals surface area contributed by atoms with Crippen molar-refractivity contribution in [3.05, 3.63) is 64.1 Å². The minimum Gasteiger partial charge on any atom is -0.408 e. The SMILES string of the molecule is Cn1c(=O)oc2ccc(CC(=O)N3CCCc4ccccc43)cc21. The Kier molecular flexibility index (Phi) is 3.49. The average molecular weight is 322 g/mol. The Morgan fingerprint density at radius 3 is 2.92 bits per heavy atom. The zero-order valence-corrected chi connectivity index (χ0v) is 13.5. The third-order valence-electron chi connectivity index (χ3n) is 4.62. The lowest BCUT2D eigenvalue weighted by Crippen LogP contribution is -2.36. The maximum Gasteiger partial charge on any atom is 0.419 e. The minimum absolute atomic E-state index is 0.0787. The number of fused-ring (bicyclic) bond motifs is 2. The summed E-state index contributed by atoms with van der Waals surface area (Å²) in [6, 6.07) is 13.5. The van der Waals surface area contributed by atoms with Crippen LogP contribution in [-0.2, 0) is 24.7 Å². The van der Waals surface area contributed by atoms with E-state index in [2.05, 4.69) is 6.07 Å². The fraction of sp³-hybridized carbons (Fsp3) is 0.263. The third kappa shape index (κ3) is 2.42. The van der Waals surface area contributed by atoms with Crippen LogP contribution in [0.3, 0.4) is 0 Å². The van der Waals surface area contributed by atoms with Gasteiger partial charge >= 0.3 is 5.76 Å². The molecule has 0 radical (unpaired) electrons. The maximum atomic E-state index is 12.8. The van der Waals surface area contributed by atoms with Crippen LogP contribution >= 0.6 is 0 Å². The number of carbonyl (C=O) groups is 1. The summed E-state index contributed by atoms with van der Waals surface area (Å²) in [4.78, 5) is 26.2. The van der Waals surface area contributed by atoms with Crippen molar-refractivity contribution in [1.29, 1.82) is 0 Å². The highest BCUT2D eigenvalue weighted by atomic mass is 16.4. The van der Waals surface area contributed by atoms with Gasteiger partial charge in [0.05, 0.1) is 11.9 Å². The Hall–Kier alpha value is -2.82. The normalized spacial score (nSPS) is 14.0. The van der Waals surface area contributed by atoms with Crippen molar-refractivity contribution in [1.82, 2.24) is 4.57 Å². The first kappa shape index (κ1) is 14.8. The minimum atomic E-state index is -0.390. The highest BCUT2D eigenvalue weighted by Crippen LogP contribution is 2.27. The van der Waals surface area contributed by atoms with E-state index in [1.54, 1.807) is 13.1 Å². The predicted octanol–water partition coefficient (Wildman–Crippen LogP) is 2.65. The van der Waals surface area contributed by atoms with E-state index in [0.29, 0.717) is 17.5 Å². The van der Waals surface area contributed by atoms with Gasteiger partial charge in [0.2, 0.25) is 5.91 Å². The first-order valence-electron chi connectivity index (χ1n) is 8.10. The van der Waals surface area contributed by atoms with E-state index in [1.165, 1.54) is 10.1 Å². The molecule has 0 aliphatic carbocycles. The van der Waals surface area contributed by atoms with Crippen LogP contribution in [-0.4, -0.2) is 17.0 Å². The van der Waals surface area contributed by atoms with Gasteiger partial charge in [0, 0.05) is 19.3 Å². The van der Waals surface area contributed by atoms with E-state index in [0.717, 1.165) is 30.6 Å². The zero-order valence-electron chi connectivity index (χ0n) is 13.5. The fourth-order valence-electron chi connectivity index (χ4n) is 3.34. The van der Waals surface area contributed by atoms with Gasteiger partial charge in [-0.3, -0.25) is 9.36 Å². The van der Waals surface area contributed by atoms with Crippen LogP contribution in [0.15, 0.2) is 51.7 Å². The van der Waals surface area contributed by atoms with E-state index in [9.17, 15) is 9.59 Å². The van der Waals surface area contributed by atoms with Gasteiger partial charge < -0.3 is 9.32 Å². The highest BCUT2D eigenvalue weighted by molar-refractivity contribution is 5.96. The molecule has 3 aromatic rings. The molecule has 1 aliphatic rings. The molecule has 24 heavy (non-hydrogen) atoms. The molecule has 2 heterocycles. The zero-order chi connectivity index (χ0) is 16.7. The molecule has 1 aliphatic heterocycles. The second-order valence-electron chi connectivity index (χ2n) is 6.18. The van der Waals surface area contributed by atoms with Crippen LogP contribution in [0.1, 0.15) is 17.5 Å².